The summed E-state index contributed by atoms with van der Waals surface area (Å²) in [5.74, 6) is -0.441. The standard InChI is InChI=1S/C20H19ClN4O4/c1-23-8-10-24(11-9-23)17-7-6-15(29-17)12-16-18(26)22-20(28)25(19(16)27)14-4-2-13(21)3-5-14/h2-7,12H,8-11H2,1H3,(H,22,26,28)/b16-12+. The van der Waals surface area contributed by atoms with Crippen molar-refractivity contribution in [3.63, 3.8) is 0 Å². The first-order valence-corrected chi connectivity index (χ1v) is 9.50. The number of piperazine rings is 1. The van der Waals surface area contributed by atoms with Gasteiger partial charge in [0.15, 0.2) is 5.88 Å². The summed E-state index contributed by atoms with van der Waals surface area (Å²) >= 11 is 5.87. The molecule has 0 saturated carbocycles. The molecule has 150 valence electrons. The summed E-state index contributed by atoms with van der Waals surface area (Å²) in [6, 6.07) is 8.89. The van der Waals surface area contributed by atoms with Crippen LogP contribution >= 0.6 is 11.6 Å². The number of carbonyl (C=O) groups excluding carboxylic acids is 3. The van der Waals surface area contributed by atoms with E-state index >= 15 is 0 Å². The second-order valence-electron chi connectivity index (χ2n) is 6.90. The molecule has 2 aromatic rings. The highest BCUT2D eigenvalue weighted by Crippen LogP contribution is 2.25. The second-order valence-corrected chi connectivity index (χ2v) is 7.34. The Bertz CT molecular complexity index is 990. The Balaban J connectivity index is 1.59. The molecule has 1 aromatic carbocycles. The number of imide groups is 2. The van der Waals surface area contributed by atoms with Gasteiger partial charge in [0.25, 0.3) is 11.8 Å². The third-order valence-corrected chi connectivity index (χ3v) is 5.15. The minimum Gasteiger partial charge on any atom is -0.441 e. The number of benzene rings is 1. The molecule has 2 saturated heterocycles. The Morgan fingerprint density at radius 2 is 1.69 bits per heavy atom. The van der Waals surface area contributed by atoms with E-state index in [1.165, 1.54) is 18.2 Å². The van der Waals surface area contributed by atoms with Gasteiger partial charge in [0.1, 0.15) is 11.3 Å². The SMILES string of the molecule is CN1CCN(c2ccc(/C=C3\C(=O)NC(=O)N(c4ccc(Cl)cc4)C3=O)o2)CC1. The quantitative estimate of drug-likeness (QED) is 0.613. The van der Waals surface area contributed by atoms with Crippen LogP contribution in [0.5, 0.6) is 0 Å². The molecule has 8 nitrogen and oxygen atoms in total. The van der Waals surface area contributed by atoms with E-state index in [1.807, 2.05) is 6.07 Å². The zero-order chi connectivity index (χ0) is 20.5. The van der Waals surface area contributed by atoms with Gasteiger partial charge >= 0.3 is 6.03 Å². The molecule has 0 bridgehead atoms. The summed E-state index contributed by atoms with van der Waals surface area (Å²) in [7, 11) is 2.07. The topological polar surface area (TPSA) is 86.1 Å². The number of amides is 4. The van der Waals surface area contributed by atoms with Crippen LogP contribution in [0.1, 0.15) is 5.76 Å². The zero-order valence-corrected chi connectivity index (χ0v) is 16.5. The molecule has 2 fully saturated rings. The number of hydrogen-bond acceptors (Lipinski definition) is 6. The lowest BCUT2D eigenvalue weighted by atomic mass is 10.1. The fourth-order valence-corrected chi connectivity index (χ4v) is 3.37. The molecule has 0 aliphatic carbocycles. The molecule has 4 rings (SSSR count). The molecular formula is C20H19ClN4O4. The molecule has 0 radical (unpaired) electrons. The Morgan fingerprint density at radius 3 is 2.38 bits per heavy atom. The number of urea groups is 1. The van der Waals surface area contributed by atoms with E-state index < -0.39 is 17.8 Å². The molecule has 3 heterocycles. The van der Waals surface area contributed by atoms with Crippen molar-refractivity contribution in [3.8, 4) is 0 Å². The molecule has 9 heteroatoms. The van der Waals surface area contributed by atoms with Crippen molar-refractivity contribution in [1.82, 2.24) is 10.2 Å². The van der Waals surface area contributed by atoms with Crippen molar-refractivity contribution in [1.29, 1.82) is 0 Å². The van der Waals surface area contributed by atoms with Gasteiger partial charge < -0.3 is 14.2 Å². The van der Waals surface area contributed by atoms with Crippen LogP contribution in [0, 0.1) is 0 Å². The van der Waals surface area contributed by atoms with Gasteiger partial charge in [-0.2, -0.15) is 0 Å². The molecule has 2 aliphatic rings. The zero-order valence-electron chi connectivity index (χ0n) is 15.7. The Labute approximate surface area is 172 Å². The van der Waals surface area contributed by atoms with Crippen LogP contribution in [0.2, 0.25) is 5.02 Å². The fraction of sp³-hybridized carbons (Fsp3) is 0.250. The maximum atomic E-state index is 12.9. The third kappa shape index (κ3) is 3.90. The number of anilines is 2. The van der Waals surface area contributed by atoms with Gasteiger partial charge in [0.2, 0.25) is 0 Å². The van der Waals surface area contributed by atoms with Crippen LogP contribution in [0.15, 0.2) is 46.4 Å². The van der Waals surface area contributed by atoms with Crippen molar-refractivity contribution in [2.45, 2.75) is 0 Å². The maximum Gasteiger partial charge on any atom is 0.335 e. The minimum atomic E-state index is -0.808. The fourth-order valence-electron chi connectivity index (χ4n) is 3.24. The summed E-state index contributed by atoms with van der Waals surface area (Å²) < 4.78 is 5.82. The van der Waals surface area contributed by atoms with E-state index in [9.17, 15) is 14.4 Å². The number of carbonyl (C=O) groups is 3. The summed E-state index contributed by atoms with van der Waals surface area (Å²) in [6.07, 6.45) is 1.35. The first kappa shape index (κ1) is 19.2. The second kappa shape index (κ2) is 7.73. The molecule has 0 spiro atoms. The number of furan rings is 1. The molecule has 29 heavy (non-hydrogen) atoms. The van der Waals surface area contributed by atoms with Gasteiger partial charge in [-0.05, 0) is 43.5 Å². The highest BCUT2D eigenvalue weighted by molar-refractivity contribution is 6.39. The van der Waals surface area contributed by atoms with Crippen LogP contribution < -0.4 is 15.1 Å². The number of nitrogens with one attached hydrogen (secondary N) is 1. The Morgan fingerprint density at radius 1 is 1.00 bits per heavy atom. The van der Waals surface area contributed by atoms with Gasteiger partial charge in [-0.15, -0.1) is 0 Å². The largest absolute Gasteiger partial charge is 0.441 e. The van der Waals surface area contributed by atoms with Crippen LogP contribution in [-0.4, -0.2) is 56.0 Å². The smallest absolute Gasteiger partial charge is 0.335 e. The van der Waals surface area contributed by atoms with Crippen molar-refractivity contribution in [2.75, 3.05) is 43.0 Å². The molecule has 1 N–H and O–H groups in total. The third-order valence-electron chi connectivity index (χ3n) is 4.90. The highest BCUT2D eigenvalue weighted by Gasteiger charge is 2.37. The minimum absolute atomic E-state index is 0.182. The number of nitrogens with zero attached hydrogens (tertiary/aromatic N) is 3. The van der Waals surface area contributed by atoms with Gasteiger partial charge in [-0.3, -0.25) is 14.9 Å². The molecule has 1 aromatic heterocycles. The summed E-state index contributed by atoms with van der Waals surface area (Å²) in [4.78, 5) is 42.6. The average Bonchev–Trinajstić information content (AvgIpc) is 3.16. The monoisotopic (exact) mass is 414 g/mol. The van der Waals surface area contributed by atoms with Crippen molar-refractivity contribution >= 4 is 47.1 Å². The van der Waals surface area contributed by atoms with Crippen molar-refractivity contribution in [2.24, 2.45) is 0 Å². The molecule has 0 atom stereocenters. The number of halogens is 1. The Hall–Kier alpha value is -3.10. The lowest BCUT2D eigenvalue weighted by Gasteiger charge is -2.32. The number of likely N-dealkylation sites (N-methyl/N-ethyl adjacent to an activating group) is 1. The number of rotatable bonds is 3. The van der Waals surface area contributed by atoms with E-state index in [0.29, 0.717) is 22.4 Å². The van der Waals surface area contributed by atoms with Crippen LogP contribution in [0.3, 0.4) is 0 Å². The number of hydrogen-bond donors (Lipinski definition) is 1. The van der Waals surface area contributed by atoms with E-state index in [1.54, 1.807) is 18.2 Å². The summed E-state index contributed by atoms with van der Waals surface area (Å²) in [6.45, 7) is 3.52. The predicted octanol–water partition coefficient (Wildman–Crippen LogP) is 2.35. The average molecular weight is 415 g/mol. The van der Waals surface area contributed by atoms with Crippen molar-refractivity contribution in [3.05, 3.63) is 52.8 Å². The lowest BCUT2D eigenvalue weighted by Crippen LogP contribution is -2.54. The Kier molecular flexibility index (Phi) is 5.12. The van der Waals surface area contributed by atoms with E-state index in [-0.39, 0.29) is 5.57 Å². The first-order chi connectivity index (χ1) is 13.9. The normalized spacial score (nSPS) is 19.8. The van der Waals surface area contributed by atoms with E-state index in [4.69, 9.17) is 16.0 Å². The van der Waals surface area contributed by atoms with Crippen LogP contribution in [-0.2, 0) is 9.59 Å². The number of barbiturate groups is 1. The van der Waals surface area contributed by atoms with Gasteiger partial charge in [0, 0.05) is 37.3 Å². The summed E-state index contributed by atoms with van der Waals surface area (Å²) in [5, 5.41) is 2.66. The first-order valence-electron chi connectivity index (χ1n) is 9.13. The van der Waals surface area contributed by atoms with Gasteiger partial charge in [0.05, 0.1) is 5.69 Å². The molecule has 2 aliphatic heterocycles. The molecule has 0 unspecified atom stereocenters. The van der Waals surface area contributed by atoms with Crippen LogP contribution in [0.4, 0.5) is 16.4 Å². The van der Waals surface area contributed by atoms with E-state index in [2.05, 4.69) is 22.2 Å². The summed E-state index contributed by atoms with van der Waals surface area (Å²) in [5.41, 5.74) is 0.131. The predicted molar refractivity (Wildman–Crippen MR) is 109 cm³/mol. The molecular weight excluding hydrogens is 396 g/mol. The van der Waals surface area contributed by atoms with Gasteiger partial charge in [-0.25, -0.2) is 9.69 Å². The lowest BCUT2D eigenvalue weighted by molar-refractivity contribution is -0.122. The van der Waals surface area contributed by atoms with E-state index in [0.717, 1.165) is 31.1 Å². The van der Waals surface area contributed by atoms with Crippen molar-refractivity contribution < 1.29 is 18.8 Å². The van der Waals surface area contributed by atoms with Crippen LogP contribution in [0.25, 0.3) is 6.08 Å². The highest BCUT2D eigenvalue weighted by atomic mass is 35.5. The van der Waals surface area contributed by atoms with Gasteiger partial charge in [-0.1, -0.05) is 11.6 Å². The maximum absolute atomic E-state index is 12.9. The molecule has 4 amide bonds.